The molecule has 1 aliphatic heterocycles. The van der Waals surface area contributed by atoms with Crippen molar-refractivity contribution in [2.75, 3.05) is 5.75 Å². The molecule has 0 saturated heterocycles. The monoisotopic (exact) mass is 233 g/mol. The largest absolute Gasteiger partial charge is 0.480 e. The molecule has 2 aromatic rings. The summed E-state index contributed by atoms with van der Waals surface area (Å²) in [6.45, 7) is 0. The summed E-state index contributed by atoms with van der Waals surface area (Å²) in [5.74, 6) is 0.146. The van der Waals surface area contributed by atoms with Gasteiger partial charge in [-0.05, 0) is 6.42 Å². The average Bonchev–Trinajstić information content (AvgIpc) is 2.67. The Labute approximate surface area is 97.1 Å². The molecule has 1 aliphatic rings. The van der Waals surface area contributed by atoms with Crippen LogP contribution in [0.15, 0.2) is 35.5 Å². The maximum atomic E-state index is 11.2. The third-order valence-corrected chi connectivity index (χ3v) is 4.10. The van der Waals surface area contributed by atoms with Crippen molar-refractivity contribution in [3.63, 3.8) is 0 Å². The molecule has 16 heavy (non-hydrogen) atoms. The van der Waals surface area contributed by atoms with E-state index in [1.165, 1.54) is 5.39 Å². The van der Waals surface area contributed by atoms with Crippen LogP contribution in [0.3, 0.4) is 0 Å². The number of aromatic nitrogens is 1. The van der Waals surface area contributed by atoms with E-state index >= 15 is 0 Å². The molecule has 3 rings (SSSR count). The Morgan fingerprint density at radius 1 is 1.44 bits per heavy atom. The van der Waals surface area contributed by atoms with Crippen molar-refractivity contribution in [2.45, 2.75) is 17.5 Å². The second-order valence-corrected chi connectivity index (χ2v) is 5.00. The summed E-state index contributed by atoms with van der Waals surface area (Å²) in [5.41, 5.74) is 0. The van der Waals surface area contributed by atoms with Crippen LogP contribution in [-0.2, 0) is 4.79 Å². The molecule has 2 heterocycles. The SMILES string of the molecule is O=C(O)C1CCSc2c3ccccc3cn21. The number of thioether (sulfide) groups is 1. The van der Waals surface area contributed by atoms with Crippen molar-refractivity contribution < 1.29 is 9.90 Å². The predicted octanol–water partition coefficient (Wildman–Crippen LogP) is 2.76. The van der Waals surface area contributed by atoms with Gasteiger partial charge in [-0.15, -0.1) is 11.8 Å². The second-order valence-electron chi connectivity index (χ2n) is 3.92. The van der Waals surface area contributed by atoms with Crippen LogP contribution >= 0.6 is 11.8 Å². The van der Waals surface area contributed by atoms with Gasteiger partial charge in [-0.2, -0.15) is 0 Å². The number of carboxylic acid groups (broad SMARTS) is 1. The minimum atomic E-state index is -0.734. The van der Waals surface area contributed by atoms with Gasteiger partial charge in [0, 0.05) is 22.7 Å². The molecule has 1 unspecified atom stereocenters. The topological polar surface area (TPSA) is 42.2 Å². The van der Waals surface area contributed by atoms with Crippen LogP contribution in [0.2, 0.25) is 0 Å². The highest BCUT2D eigenvalue weighted by Crippen LogP contribution is 2.38. The Morgan fingerprint density at radius 2 is 2.25 bits per heavy atom. The number of aliphatic carboxylic acids is 1. The van der Waals surface area contributed by atoms with Crippen LogP contribution < -0.4 is 0 Å². The molecule has 82 valence electrons. The molecular weight excluding hydrogens is 222 g/mol. The van der Waals surface area contributed by atoms with Crippen LogP contribution in [0.25, 0.3) is 10.8 Å². The van der Waals surface area contributed by atoms with E-state index in [1.807, 2.05) is 29.0 Å². The number of hydrogen-bond acceptors (Lipinski definition) is 2. The number of carboxylic acids is 1. The van der Waals surface area contributed by atoms with Crippen molar-refractivity contribution in [3.8, 4) is 0 Å². The van der Waals surface area contributed by atoms with Crippen LogP contribution in [-0.4, -0.2) is 21.4 Å². The van der Waals surface area contributed by atoms with Gasteiger partial charge < -0.3 is 9.67 Å². The van der Waals surface area contributed by atoms with Crippen LogP contribution in [0, 0.1) is 0 Å². The molecule has 0 radical (unpaired) electrons. The zero-order chi connectivity index (χ0) is 11.1. The third-order valence-electron chi connectivity index (χ3n) is 2.95. The first kappa shape index (κ1) is 9.78. The number of nitrogens with zero attached hydrogens (tertiary/aromatic N) is 1. The minimum absolute atomic E-state index is 0.399. The van der Waals surface area contributed by atoms with Gasteiger partial charge in [0.25, 0.3) is 0 Å². The third kappa shape index (κ3) is 1.33. The number of rotatable bonds is 1. The molecular formula is C12H11NO2S. The Morgan fingerprint density at radius 3 is 3.06 bits per heavy atom. The number of hydrogen-bond donors (Lipinski definition) is 1. The molecule has 0 saturated carbocycles. The Kier molecular flexibility index (Phi) is 2.17. The van der Waals surface area contributed by atoms with E-state index in [4.69, 9.17) is 0 Å². The Hall–Kier alpha value is -1.42. The first-order valence-corrected chi connectivity index (χ1v) is 6.21. The van der Waals surface area contributed by atoms with Crippen molar-refractivity contribution in [2.24, 2.45) is 0 Å². The van der Waals surface area contributed by atoms with E-state index < -0.39 is 12.0 Å². The van der Waals surface area contributed by atoms with E-state index in [-0.39, 0.29) is 0 Å². The number of benzene rings is 1. The van der Waals surface area contributed by atoms with Gasteiger partial charge in [-0.1, -0.05) is 24.3 Å². The Bertz CT molecular complexity index is 561. The molecule has 0 spiro atoms. The summed E-state index contributed by atoms with van der Waals surface area (Å²) < 4.78 is 1.90. The zero-order valence-corrected chi connectivity index (χ0v) is 9.41. The summed E-state index contributed by atoms with van der Waals surface area (Å²) in [4.78, 5) is 11.2. The van der Waals surface area contributed by atoms with Crippen molar-refractivity contribution in [3.05, 3.63) is 30.5 Å². The standard InChI is InChI=1S/C12H11NO2S/c14-12(15)10-5-6-16-11-9-4-2-1-3-8(9)7-13(10)11/h1-4,7,10H,5-6H2,(H,14,15). The van der Waals surface area contributed by atoms with E-state index in [1.54, 1.807) is 11.8 Å². The highest BCUT2D eigenvalue weighted by Gasteiger charge is 2.27. The lowest BCUT2D eigenvalue weighted by molar-refractivity contribution is -0.141. The van der Waals surface area contributed by atoms with E-state index in [9.17, 15) is 9.90 Å². The summed E-state index contributed by atoms with van der Waals surface area (Å²) in [5, 5.41) is 12.6. The molecule has 0 bridgehead atoms. The molecule has 1 atom stereocenters. The molecule has 0 amide bonds. The fourth-order valence-electron chi connectivity index (χ4n) is 2.18. The summed E-state index contributed by atoms with van der Waals surface area (Å²) in [6, 6.07) is 7.66. The molecule has 0 fully saturated rings. The van der Waals surface area contributed by atoms with E-state index in [0.717, 1.165) is 16.2 Å². The van der Waals surface area contributed by atoms with Gasteiger partial charge in [0.05, 0.1) is 5.03 Å². The highest BCUT2D eigenvalue weighted by atomic mass is 32.2. The lowest BCUT2D eigenvalue weighted by Gasteiger charge is -2.22. The molecule has 3 nitrogen and oxygen atoms in total. The van der Waals surface area contributed by atoms with Gasteiger partial charge in [0.15, 0.2) is 0 Å². The minimum Gasteiger partial charge on any atom is -0.480 e. The quantitative estimate of drug-likeness (QED) is 0.823. The molecule has 1 N–H and O–H groups in total. The van der Waals surface area contributed by atoms with Gasteiger partial charge >= 0.3 is 5.97 Å². The predicted molar refractivity (Wildman–Crippen MR) is 64.0 cm³/mol. The maximum Gasteiger partial charge on any atom is 0.326 e. The summed E-state index contributed by atoms with van der Waals surface area (Å²) >= 11 is 1.75. The van der Waals surface area contributed by atoms with Gasteiger partial charge in [-0.25, -0.2) is 4.79 Å². The molecule has 4 heteroatoms. The van der Waals surface area contributed by atoms with E-state index in [0.29, 0.717) is 6.42 Å². The molecule has 0 aliphatic carbocycles. The normalized spacial score (nSPS) is 19.6. The lowest BCUT2D eigenvalue weighted by atomic mass is 10.2. The maximum absolute atomic E-state index is 11.2. The van der Waals surface area contributed by atoms with E-state index in [2.05, 4.69) is 6.07 Å². The molecule has 1 aromatic heterocycles. The van der Waals surface area contributed by atoms with Crippen molar-refractivity contribution >= 4 is 28.5 Å². The van der Waals surface area contributed by atoms with Crippen molar-refractivity contribution in [1.82, 2.24) is 4.57 Å². The van der Waals surface area contributed by atoms with Crippen LogP contribution in [0.4, 0.5) is 0 Å². The second kappa shape index (κ2) is 3.56. The van der Waals surface area contributed by atoms with Crippen LogP contribution in [0.5, 0.6) is 0 Å². The first-order chi connectivity index (χ1) is 7.77. The average molecular weight is 233 g/mol. The van der Waals surface area contributed by atoms with Gasteiger partial charge in [0.2, 0.25) is 0 Å². The first-order valence-electron chi connectivity index (χ1n) is 5.22. The highest BCUT2D eigenvalue weighted by molar-refractivity contribution is 7.99. The summed E-state index contributed by atoms with van der Waals surface area (Å²) in [7, 11) is 0. The Balaban J connectivity index is 2.25. The number of fused-ring (bicyclic) bond motifs is 3. The van der Waals surface area contributed by atoms with Crippen molar-refractivity contribution in [1.29, 1.82) is 0 Å². The van der Waals surface area contributed by atoms with Gasteiger partial charge in [-0.3, -0.25) is 0 Å². The van der Waals surface area contributed by atoms with Crippen LogP contribution in [0.1, 0.15) is 12.5 Å². The summed E-state index contributed by atoms with van der Waals surface area (Å²) in [6.07, 6.45) is 2.66. The smallest absolute Gasteiger partial charge is 0.326 e. The zero-order valence-electron chi connectivity index (χ0n) is 8.59. The lowest BCUT2D eigenvalue weighted by Crippen LogP contribution is -2.22. The van der Waals surface area contributed by atoms with Gasteiger partial charge in [0.1, 0.15) is 6.04 Å². The number of carbonyl (C=O) groups is 1. The fourth-order valence-corrected chi connectivity index (χ4v) is 3.39. The molecule has 1 aromatic carbocycles. The fraction of sp³-hybridized carbons (Fsp3) is 0.250.